The fourth-order valence-corrected chi connectivity index (χ4v) is 3.65. The third-order valence-electron chi connectivity index (χ3n) is 4.89. The molecule has 4 rings (SSSR count). The Morgan fingerprint density at radius 2 is 1.96 bits per heavy atom. The Hall–Kier alpha value is -3.34. The number of ether oxygens (including phenoxy) is 1. The summed E-state index contributed by atoms with van der Waals surface area (Å²) in [5, 5.41) is 2.92. The van der Waals surface area contributed by atoms with E-state index in [9.17, 15) is 4.79 Å². The van der Waals surface area contributed by atoms with Crippen molar-refractivity contribution in [2.24, 2.45) is 0 Å². The molecule has 5 nitrogen and oxygen atoms in total. The van der Waals surface area contributed by atoms with Crippen LogP contribution in [0.2, 0.25) is 0 Å². The zero-order chi connectivity index (χ0) is 19.5. The first-order valence-corrected chi connectivity index (χ1v) is 9.52. The van der Waals surface area contributed by atoms with Gasteiger partial charge in [-0.25, -0.2) is 0 Å². The Kier molecular flexibility index (Phi) is 4.98. The first-order valence-electron chi connectivity index (χ1n) is 9.52. The number of rotatable bonds is 5. The molecule has 0 saturated carbocycles. The summed E-state index contributed by atoms with van der Waals surface area (Å²) in [4.78, 5) is 19.3. The number of benzene rings is 2. The molecular formula is C23H23N3O2. The van der Waals surface area contributed by atoms with Crippen LogP contribution in [0.15, 0.2) is 67.0 Å². The summed E-state index contributed by atoms with van der Waals surface area (Å²) < 4.78 is 5.43. The number of hydrogen-bond acceptors (Lipinski definition) is 4. The number of carbonyl (C=O) groups excluding carboxylic acids is 1. The van der Waals surface area contributed by atoms with Crippen LogP contribution in [0.4, 0.5) is 17.1 Å². The molecule has 2 aromatic carbocycles. The van der Waals surface area contributed by atoms with E-state index in [0.717, 1.165) is 23.5 Å². The van der Waals surface area contributed by atoms with Gasteiger partial charge in [0.1, 0.15) is 5.75 Å². The van der Waals surface area contributed by atoms with Crippen LogP contribution in [0, 0.1) is 0 Å². The normalized spacial score (nSPS) is 15.2. The zero-order valence-electron chi connectivity index (χ0n) is 16.1. The molecule has 1 aliphatic rings. The van der Waals surface area contributed by atoms with Crippen molar-refractivity contribution in [2.75, 3.05) is 16.8 Å². The topological polar surface area (TPSA) is 54.5 Å². The first kappa shape index (κ1) is 18.0. The minimum absolute atomic E-state index is 0.182. The highest BCUT2D eigenvalue weighted by molar-refractivity contribution is 6.04. The van der Waals surface area contributed by atoms with E-state index in [2.05, 4.69) is 40.3 Å². The molecule has 5 heteroatoms. The number of nitrogens with one attached hydrogen (secondary N) is 1. The number of nitrogens with zero attached hydrogens (tertiary/aromatic N) is 2. The van der Waals surface area contributed by atoms with Gasteiger partial charge in [0.2, 0.25) is 0 Å². The second-order valence-electron chi connectivity index (χ2n) is 6.90. The Morgan fingerprint density at radius 1 is 1.18 bits per heavy atom. The molecule has 1 aromatic heterocycles. The fourth-order valence-electron chi connectivity index (χ4n) is 3.65. The molecule has 1 amide bonds. The number of hydrogen-bond donors (Lipinski definition) is 1. The molecule has 0 aliphatic carbocycles. The summed E-state index contributed by atoms with van der Waals surface area (Å²) in [5.41, 5.74) is 4.68. The Balaban J connectivity index is 1.54. The molecule has 0 fully saturated rings. The van der Waals surface area contributed by atoms with Gasteiger partial charge in [-0.2, -0.15) is 0 Å². The standard InChI is InChI=1S/C23H23N3O2/c1-3-28-21-10-8-19(9-11-21)25-23(27)18-13-20(15-24-14-18)26-16(2)12-17-6-4-5-7-22(17)26/h4-11,13-16H,3,12H2,1-2H3,(H,25,27). The summed E-state index contributed by atoms with van der Waals surface area (Å²) in [6.45, 7) is 4.74. The lowest BCUT2D eigenvalue weighted by molar-refractivity contribution is 0.102. The highest BCUT2D eigenvalue weighted by Gasteiger charge is 2.27. The van der Waals surface area contributed by atoms with Crippen LogP contribution in [0.5, 0.6) is 5.75 Å². The van der Waals surface area contributed by atoms with E-state index in [1.807, 2.05) is 49.5 Å². The van der Waals surface area contributed by atoms with Crippen molar-refractivity contribution in [2.45, 2.75) is 26.3 Å². The molecule has 1 unspecified atom stereocenters. The Morgan fingerprint density at radius 3 is 2.75 bits per heavy atom. The molecule has 1 N–H and O–H groups in total. The Bertz CT molecular complexity index is 985. The largest absolute Gasteiger partial charge is 0.494 e. The molecule has 28 heavy (non-hydrogen) atoms. The second kappa shape index (κ2) is 7.72. The Labute approximate surface area is 165 Å². The van der Waals surface area contributed by atoms with Crippen molar-refractivity contribution in [3.63, 3.8) is 0 Å². The maximum Gasteiger partial charge on any atom is 0.257 e. The first-order chi connectivity index (χ1) is 13.7. The van der Waals surface area contributed by atoms with Crippen molar-refractivity contribution < 1.29 is 9.53 Å². The summed E-state index contributed by atoms with van der Waals surface area (Å²) in [6.07, 6.45) is 4.39. The van der Waals surface area contributed by atoms with Gasteiger partial charge in [-0.3, -0.25) is 9.78 Å². The predicted octanol–water partition coefficient (Wildman–Crippen LogP) is 4.82. The molecule has 0 bridgehead atoms. The van der Waals surface area contributed by atoms with Crippen LogP contribution in [-0.4, -0.2) is 23.5 Å². The van der Waals surface area contributed by atoms with E-state index >= 15 is 0 Å². The molecule has 1 atom stereocenters. The van der Waals surface area contributed by atoms with Gasteiger partial charge in [-0.15, -0.1) is 0 Å². The number of aromatic nitrogens is 1. The number of fused-ring (bicyclic) bond motifs is 1. The average molecular weight is 373 g/mol. The molecule has 3 aromatic rings. The van der Waals surface area contributed by atoms with Gasteiger partial charge in [0.05, 0.1) is 24.1 Å². The summed E-state index contributed by atoms with van der Waals surface area (Å²) in [5.74, 6) is 0.601. The molecule has 0 spiro atoms. The third-order valence-corrected chi connectivity index (χ3v) is 4.89. The second-order valence-corrected chi connectivity index (χ2v) is 6.90. The van der Waals surface area contributed by atoms with E-state index < -0.39 is 0 Å². The highest BCUT2D eigenvalue weighted by Crippen LogP contribution is 2.37. The van der Waals surface area contributed by atoms with E-state index in [1.54, 1.807) is 6.20 Å². The fraction of sp³-hybridized carbons (Fsp3) is 0.217. The van der Waals surface area contributed by atoms with Gasteiger partial charge in [0.25, 0.3) is 5.91 Å². The minimum atomic E-state index is -0.182. The van der Waals surface area contributed by atoms with Gasteiger partial charge in [-0.1, -0.05) is 18.2 Å². The molecule has 2 heterocycles. The lowest BCUT2D eigenvalue weighted by Crippen LogP contribution is -2.24. The zero-order valence-corrected chi connectivity index (χ0v) is 16.1. The van der Waals surface area contributed by atoms with Crippen molar-refractivity contribution >= 4 is 23.0 Å². The number of para-hydroxylation sites is 1. The predicted molar refractivity (Wildman–Crippen MR) is 112 cm³/mol. The smallest absolute Gasteiger partial charge is 0.257 e. The minimum Gasteiger partial charge on any atom is -0.494 e. The van der Waals surface area contributed by atoms with E-state index in [-0.39, 0.29) is 5.91 Å². The van der Waals surface area contributed by atoms with Crippen molar-refractivity contribution in [1.29, 1.82) is 0 Å². The van der Waals surface area contributed by atoms with Crippen LogP contribution in [0.25, 0.3) is 0 Å². The van der Waals surface area contributed by atoms with E-state index in [1.165, 1.54) is 11.3 Å². The molecule has 0 saturated heterocycles. The molecule has 1 aliphatic heterocycles. The van der Waals surface area contributed by atoms with Gasteiger partial charge in [0, 0.05) is 23.6 Å². The quantitative estimate of drug-likeness (QED) is 0.697. The maximum atomic E-state index is 12.7. The SMILES string of the molecule is CCOc1ccc(NC(=O)c2cncc(N3c4ccccc4CC3C)c2)cc1. The lowest BCUT2D eigenvalue weighted by Gasteiger charge is -2.25. The monoisotopic (exact) mass is 373 g/mol. The van der Waals surface area contributed by atoms with Crippen LogP contribution in [-0.2, 0) is 6.42 Å². The van der Waals surface area contributed by atoms with Crippen LogP contribution in [0.3, 0.4) is 0 Å². The summed E-state index contributed by atoms with van der Waals surface area (Å²) in [7, 11) is 0. The molecule has 0 radical (unpaired) electrons. The average Bonchev–Trinajstić information content (AvgIpc) is 3.05. The van der Waals surface area contributed by atoms with Gasteiger partial charge < -0.3 is 15.0 Å². The summed E-state index contributed by atoms with van der Waals surface area (Å²) >= 11 is 0. The molecule has 142 valence electrons. The highest BCUT2D eigenvalue weighted by atomic mass is 16.5. The third kappa shape index (κ3) is 3.56. The van der Waals surface area contributed by atoms with Crippen LogP contribution < -0.4 is 15.0 Å². The van der Waals surface area contributed by atoms with Crippen molar-refractivity contribution in [3.8, 4) is 5.75 Å². The maximum absolute atomic E-state index is 12.7. The van der Waals surface area contributed by atoms with Crippen LogP contribution in [0.1, 0.15) is 29.8 Å². The summed E-state index contributed by atoms with van der Waals surface area (Å²) in [6, 6.07) is 17.9. The number of carbonyl (C=O) groups is 1. The van der Waals surface area contributed by atoms with Crippen molar-refractivity contribution in [1.82, 2.24) is 4.98 Å². The number of amides is 1. The van der Waals surface area contributed by atoms with E-state index in [0.29, 0.717) is 18.2 Å². The number of pyridine rings is 1. The van der Waals surface area contributed by atoms with Gasteiger partial charge >= 0.3 is 0 Å². The van der Waals surface area contributed by atoms with E-state index in [4.69, 9.17) is 4.74 Å². The van der Waals surface area contributed by atoms with Gasteiger partial charge in [0.15, 0.2) is 0 Å². The lowest BCUT2D eigenvalue weighted by atomic mass is 10.1. The van der Waals surface area contributed by atoms with Crippen molar-refractivity contribution in [3.05, 3.63) is 78.1 Å². The van der Waals surface area contributed by atoms with Gasteiger partial charge in [-0.05, 0) is 62.2 Å². The number of anilines is 3. The van der Waals surface area contributed by atoms with Crippen LogP contribution >= 0.6 is 0 Å². The molecular weight excluding hydrogens is 350 g/mol.